The summed E-state index contributed by atoms with van der Waals surface area (Å²) in [4.78, 5) is 24.2. The van der Waals surface area contributed by atoms with E-state index in [1.807, 2.05) is 36.9 Å². The van der Waals surface area contributed by atoms with Gasteiger partial charge in [-0.05, 0) is 74.5 Å². The maximum atomic E-state index is 12.5. The molecule has 35 heavy (non-hydrogen) atoms. The molecule has 7 nitrogen and oxygen atoms in total. The minimum atomic E-state index is 0. The molecule has 1 fully saturated rings. The van der Waals surface area contributed by atoms with Gasteiger partial charge in [0, 0.05) is 45.3 Å². The molecule has 0 radical (unpaired) electrons. The number of fused-ring (bicyclic) bond motifs is 1. The molecule has 3 aromatic rings. The minimum Gasteiger partial charge on any atom is -0.492 e. The van der Waals surface area contributed by atoms with Crippen molar-refractivity contribution in [1.82, 2.24) is 24.8 Å². The summed E-state index contributed by atoms with van der Waals surface area (Å²) >= 11 is 0. The number of pyridine rings is 3. The summed E-state index contributed by atoms with van der Waals surface area (Å²) in [6, 6.07) is 6.24. The van der Waals surface area contributed by atoms with Gasteiger partial charge >= 0.3 is 0 Å². The molecule has 3 aromatic heterocycles. The third-order valence-electron chi connectivity index (χ3n) is 7.54. The third-order valence-corrected chi connectivity index (χ3v) is 7.54. The van der Waals surface area contributed by atoms with Gasteiger partial charge in [-0.25, -0.2) is 0 Å². The van der Waals surface area contributed by atoms with Gasteiger partial charge in [-0.15, -0.1) is 0 Å². The smallest absolute Gasteiger partial charge is 0.251 e. The first-order valence-electron chi connectivity index (χ1n) is 13.2. The molecule has 0 amide bonds. The topological polar surface area (TPSA) is 72.3 Å². The predicted molar refractivity (Wildman–Crippen MR) is 141 cm³/mol. The van der Waals surface area contributed by atoms with Crippen molar-refractivity contribution in [1.29, 1.82) is 0 Å². The number of aromatic nitrogens is 3. The molecule has 3 aliphatic heterocycles. The summed E-state index contributed by atoms with van der Waals surface area (Å²) in [5.41, 5.74) is 6.98. The largest absolute Gasteiger partial charge is 0.492 e. The normalized spacial score (nSPS) is 19.7. The number of aryl methyl sites for hydroxylation is 2. The molecule has 188 valence electrons. The Balaban J connectivity index is 0.000000990. The number of nitrogens with zero attached hydrogens (tertiary/aromatic N) is 4. The monoisotopic (exact) mass is 477 g/mol. The first-order chi connectivity index (χ1) is 17.2. The molecule has 1 atom stereocenters. The van der Waals surface area contributed by atoms with Gasteiger partial charge in [0.05, 0.1) is 29.5 Å². The quantitative estimate of drug-likeness (QED) is 0.598. The summed E-state index contributed by atoms with van der Waals surface area (Å²) in [5.74, 6) is 1.31. The van der Waals surface area contributed by atoms with E-state index in [9.17, 15) is 4.79 Å². The Morgan fingerprint density at radius 1 is 1.17 bits per heavy atom. The van der Waals surface area contributed by atoms with Crippen molar-refractivity contribution in [3.63, 3.8) is 0 Å². The molecule has 0 aromatic carbocycles. The second-order valence-electron chi connectivity index (χ2n) is 9.76. The van der Waals surface area contributed by atoms with E-state index in [4.69, 9.17) is 4.74 Å². The van der Waals surface area contributed by atoms with Crippen molar-refractivity contribution in [2.45, 2.75) is 71.5 Å². The second-order valence-corrected chi connectivity index (χ2v) is 9.76. The van der Waals surface area contributed by atoms with Crippen LogP contribution in [0.25, 0.3) is 11.0 Å². The van der Waals surface area contributed by atoms with Crippen LogP contribution in [0.1, 0.15) is 62.8 Å². The molecular formula is C28H39N5O2. The van der Waals surface area contributed by atoms with Gasteiger partial charge in [0.25, 0.3) is 5.56 Å². The van der Waals surface area contributed by atoms with Gasteiger partial charge in [0.1, 0.15) is 5.75 Å². The predicted octanol–water partition coefficient (Wildman–Crippen LogP) is 4.05. The fraction of sp³-hybridized carbons (Fsp3) is 0.536. The Bertz CT molecular complexity index is 1250. The summed E-state index contributed by atoms with van der Waals surface area (Å²) in [6.45, 7) is 11.7. The molecule has 3 aliphatic rings. The highest BCUT2D eigenvalue weighted by Crippen LogP contribution is 2.35. The molecule has 0 saturated carbocycles. The summed E-state index contributed by atoms with van der Waals surface area (Å²) < 4.78 is 7.61. The van der Waals surface area contributed by atoms with Gasteiger partial charge in [-0.1, -0.05) is 13.8 Å². The fourth-order valence-corrected chi connectivity index (χ4v) is 5.82. The van der Waals surface area contributed by atoms with Crippen molar-refractivity contribution in [2.75, 3.05) is 26.2 Å². The van der Waals surface area contributed by atoms with Crippen molar-refractivity contribution in [2.24, 2.45) is 0 Å². The number of likely N-dealkylation sites (tertiary alicyclic amines) is 1. The highest BCUT2D eigenvalue weighted by molar-refractivity contribution is 5.81. The van der Waals surface area contributed by atoms with E-state index >= 15 is 0 Å². The second kappa shape index (κ2) is 10.5. The first kappa shape index (κ1) is 23.9. The van der Waals surface area contributed by atoms with Crippen LogP contribution in [0, 0.1) is 6.92 Å². The maximum Gasteiger partial charge on any atom is 0.251 e. The van der Waals surface area contributed by atoms with Crippen LogP contribution >= 0.6 is 0 Å². The number of hydrogen-bond donors (Lipinski definition) is 1. The number of rotatable bonds is 5. The average molecular weight is 478 g/mol. The molecule has 0 spiro atoms. The molecule has 0 bridgehead atoms. The van der Waals surface area contributed by atoms with E-state index in [0.717, 1.165) is 87.5 Å². The highest BCUT2D eigenvalue weighted by Gasteiger charge is 2.30. The fourth-order valence-electron chi connectivity index (χ4n) is 5.82. The molecule has 1 saturated heterocycles. The Hall–Kier alpha value is -2.77. The number of ether oxygens (including phenoxy) is 1. The zero-order valence-electron chi connectivity index (χ0n) is 21.2. The average Bonchev–Trinajstić information content (AvgIpc) is 3.29. The Labute approximate surface area is 209 Å². The Morgan fingerprint density at radius 3 is 2.83 bits per heavy atom. The Kier molecular flexibility index (Phi) is 7.16. The van der Waals surface area contributed by atoms with Gasteiger partial charge in [0.2, 0.25) is 0 Å². The molecular weight excluding hydrogens is 438 g/mol. The summed E-state index contributed by atoms with van der Waals surface area (Å²) in [5, 5.41) is 3.72. The van der Waals surface area contributed by atoms with Crippen LogP contribution in [-0.2, 0) is 19.5 Å². The van der Waals surface area contributed by atoms with Crippen molar-refractivity contribution >= 4 is 11.0 Å². The van der Waals surface area contributed by atoms with E-state index in [1.54, 1.807) is 6.07 Å². The lowest BCUT2D eigenvalue weighted by Gasteiger charge is -2.34. The lowest BCUT2D eigenvalue weighted by Crippen LogP contribution is -2.43. The van der Waals surface area contributed by atoms with Crippen molar-refractivity contribution < 1.29 is 6.16 Å². The number of hydrogen-bond acceptors (Lipinski definition) is 6. The van der Waals surface area contributed by atoms with E-state index in [1.165, 1.54) is 16.7 Å². The van der Waals surface area contributed by atoms with Crippen LogP contribution in [-0.4, -0.2) is 51.7 Å². The van der Waals surface area contributed by atoms with Gasteiger partial charge < -0.3 is 19.5 Å². The SMILES string of the molecule is CC.Cc1cnc2ccc(=O)n3c2c1[C@H](CN1CCC(NCc2cc4c(cn2)OCCC4)CC1)C3.[HH]. The number of nitrogens with one attached hydrogen (secondary N) is 1. The molecule has 7 heteroatoms. The van der Waals surface area contributed by atoms with Crippen LogP contribution in [0.2, 0.25) is 0 Å². The van der Waals surface area contributed by atoms with Crippen LogP contribution in [0.5, 0.6) is 5.75 Å². The maximum absolute atomic E-state index is 12.5. The van der Waals surface area contributed by atoms with Crippen LogP contribution in [0.4, 0.5) is 0 Å². The van der Waals surface area contributed by atoms with Crippen LogP contribution in [0.15, 0.2) is 35.4 Å². The summed E-state index contributed by atoms with van der Waals surface area (Å²) in [7, 11) is 0. The molecule has 1 N–H and O–H groups in total. The molecule has 6 rings (SSSR count). The zero-order chi connectivity index (χ0) is 24.4. The van der Waals surface area contributed by atoms with E-state index < -0.39 is 0 Å². The van der Waals surface area contributed by atoms with Crippen LogP contribution < -0.4 is 15.6 Å². The Morgan fingerprint density at radius 2 is 2.00 bits per heavy atom. The van der Waals surface area contributed by atoms with Crippen molar-refractivity contribution in [3.8, 4) is 5.75 Å². The van der Waals surface area contributed by atoms with E-state index in [0.29, 0.717) is 12.0 Å². The standard InChI is InChI=1S/C26H31N5O2.C2H6.H2/c1-17-12-29-22-4-5-24(32)31-16-19(25(17)26(22)31)15-30-8-6-20(7-9-30)27-13-21-11-18-3-2-10-33-23(18)14-28-21;1-2;/h4-5,11-12,14,19-20,27H,2-3,6-10,13,15-16H2,1H3;1-2H3;1H/t19-;;/m1../s1. The molecule has 0 unspecified atom stereocenters. The zero-order valence-corrected chi connectivity index (χ0v) is 21.2. The first-order valence-corrected chi connectivity index (χ1v) is 13.2. The lowest BCUT2D eigenvalue weighted by molar-refractivity contribution is 0.184. The van der Waals surface area contributed by atoms with Crippen molar-refractivity contribution in [3.05, 3.63) is 63.3 Å². The van der Waals surface area contributed by atoms with E-state index in [-0.39, 0.29) is 6.99 Å². The van der Waals surface area contributed by atoms with Gasteiger partial charge in [-0.2, -0.15) is 0 Å². The molecule has 0 aliphatic carbocycles. The third kappa shape index (κ3) is 4.84. The van der Waals surface area contributed by atoms with E-state index in [2.05, 4.69) is 33.2 Å². The summed E-state index contributed by atoms with van der Waals surface area (Å²) in [6.07, 6.45) is 8.30. The van der Waals surface area contributed by atoms with Crippen LogP contribution in [0.3, 0.4) is 0 Å². The lowest BCUT2D eigenvalue weighted by atomic mass is 9.95. The highest BCUT2D eigenvalue weighted by atomic mass is 16.5. The molecule has 6 heterocycles. The number of piperidine rings is 1. The minimum absolute atomic E-state index is 0. The van der Waals surface area contributed by atoms with Gasteiger partial charge in [0.15, 0.2) is 0 Å². The van der Waals surface area contributed by atoms with Gasteiger partial charge in [-0.3, -0.25) is 14.8 Å².